The van der Waals surface area contributed by atoms with Crippen molar-refractivity contribution >= 4 is 38.4 Å². The fourth-order valence-electron chi connectivity index (χ4n) is 6.91. The second kappa shape index (κ2) is 10.8. The number of hydrogen-bond donors (Lipinski definition) is 0. The van der Waals surface area contributed by atoms with Crippen LogP contribution in [0.3, 0.4) is 0 Å². The quantitative estimate of drug-likeness (QED) is 0.202. The van der Waals surface area contributed by atoms with Crippen molar-refractivity contribution < 1.29 is 0 Å². The zero-order valence-electron chi connectivity index (χ0n) is 25.4. The molecule has 0 saturated carbocycles. The molecule has 0 atom stereocenters. The second-order valence-electron chi connectivity index (χ2n) is 11.9. The number of hydrogen-bond acceptors (Lipinski definition) is 2. The van der Waals surface area contributed by atoms with Crippen molar-refractivity contribution in [3.8, 4) is 50.6 Å². The van der Waals surface area contributed by atoms with Gasteiger partial charge < -0.3 is 0 Å². The predicted molar refractivity (Wildman–Crippen MR) is 194 cm³/mol. The minimum atomic E-state index is 0.671. The first-order valence-corrected chi connectivity index (χ1v) is 15.8. The van der Waals surface area contributed by atoms with E-state index in [1.807, 2.05) is 30.3 Å². The lowest BCUT2D eigenvalue weighted by Gasteiger charge is -2.14. The van der Waals surface area contributed by atoms with Crippen molar-refractivity contribution in [1.82, 2.24) is 9.38 Å². The molecule has 0 radical (unpaired) electrons. The molecular formula is C44H27N3. The average molecular weight is 598 g/mol. The van der Waals surface area contributed by atoms with E-state index in [2.05, 4.69) is 144 Å². The van der Waals surface area contributed by atoms with Gasteiger partial charge in [0.2, 0.25) is 0 Å². The van der Waals surface area contributed by atoms with Gasteiger partial charge in [0.15, 0.2) is 0 Å². The minimum absolute atomic E-state index is 0.671. The molecule has 0 aliphatic rings. The van der Waals surface area contributed by atoms with E-state index in [9.17, 15) is 0 Å². The van der Waals surface area contributed by atoms with E-state index in [1.54, 1.807) is 0 Å². The highest BCUT2D eigenvalue weighted by Gasteiger charge is 2.15. The molecule has 2 heterocycles. The molecule has 9 aromatic rings. The molecule has 0 N–H and O–H groups in total. The summed E-state index contributed by atoms with van der Waals surface area (Å²) in [4.78, 5) is 5.08. The van der Waals surface area contributed by atoms with E-state index < -0.39 is 0 Å². The molecular weight excluding hydrogens is 571 g/mol. The third-order valence-electron chi connectivity index (χ3n) is 9.25. The standard InChI is InChI=1S/C44H27N3/c45-28-29-13-15-30(16-14-29)31-17-19-32(20-18-31)36-25-26-37(39-9-3-2-8-38(36)39)33-21-23-34(24-22-33)40-27-35-7-1-5-11-42(35)47-43-12-6-4-10-41(43)46-44(40)47/h1-27H. The van der Waals surface area contributed by atoms with Gasteiger partial charge in [-0.2, -0.15) is 5.26 Å². The molecule has 218 valence electrons. The van der Waals surface area contributed by atoms with Crippen molar-refractivity contribution in [1.29, 1.82) is 5.26 Å². The Morgan fingerprint density at radius 3 is 1.55 bits per heavy atom. The third kappa shape index (κ3) is 4.47. The zero-order valence-corrected chi connectivity index (χ0v) is 25.4. The number of benzene rings is 7. The highest BCUT2D eigenvalue weighted by atomic mass is 15.0. The summed E-state index contributed by atoms with van der Waals surface area (Å²) in [5.74, 6) is 0. The minimum Gasteiger partial charge on any atom is -0.292 e. The van der Waals surface area contributed by atoms with Crippen LogP contribution in [0.5, 0.6) is 0 Å². The largest absolute Gasteiger partial charge is 0.292 e. The number of rotatable bonds is 4. The summed E-state index contributed by atoms with van der Waals surface area (Å²) in [7, 11) is 0. The van der Waals surface area contributed by atoms with Gasteiger partial charge in [0.05, 0.1) is 28.2 Å². The first-order chi connectivity index (χ1) is 23.2. The van der Waals surface area contributed by atoms with E-state index in [4.69, 9.17) is 10.2 Å². The van der Waals surface area contributed by atoms with Crippen LogP contribution in [0.15, 0.2) is 164 Å². The van der Waals surface area contributed by atoms with Gasteiger partial charge in [-0.3, -0.25) is 4.40 Å². The van der Waals surface area contributed by atoms with Gasteiger partial charge in [0.1, 0.15) is 5.65 Å². The summed E-state index contributed by atoms with van der Waals surface area (Å²) < 4.78 is 2.29. The molecule has 9 rings (SSSR count). The summed E-state index contributed by atoms with van der Waals surface area (Å²) in [6.45, 7) is 0. The van der Waals surface area contributed by atoms with Crippen LogP contribution >= 0.6 is 0 Å². The van der Waals surface area contributed by atoms with Crippen LogP contribution in [-0.2, 0) is 0 Å². The molecule has 0 amide bonds. The Morgan fingerprint density at radius 2 is 0.936 bits per heavy atom. The normalized spacial score (nSPS) is 11.4. The molecule has 0 spiro atoms. The Kier molecular flexibility index (Phi) is 6.19. The van der Waals surface area contributed by atoms with E-state index in [-0.39, 0.29) is 0 Å². The van der Waals surface area contributed by atoms with Crippen molar-refractivity contribution in [2.45, 2.75) is 0 Å². The molecule has 0 aliphatic heterocycles. The number of para-hydroxylation sites is 3. The monoisotopic (exact) mass is 597 g/mol. The summed E-state index contributed by atoms with van der Waals surface area (Å²) >= 11 is 0. The van der Waals surface area contributed by atoms with Crippen LogP contribution in [0, 0.1) is 11.3 Å². The van der Waals surface area contributed by atoms with Gasteiger partial charge in [-0.15, -0.1) is 0 Å². The maximum Gasteiger partial charge on any atom is 0.146 e. The molecule has 3 nitrogen and oxygen atoms in total. The predicted octanol–water partition coefficient (Wildman–Crippen LogP) is 11.3. The highest BCUT2D eigenvalue weighted by Crippen LogP contribution is 2.38. The van der Waals surface area contributed by atoms with Crippen LogP contribution in [-0.4, -0.2) is 9.38 Å². The molecule has 0 fully saturated rings. The molecule has 2 aromatic heterocycles. The number of aromatic nitrogens is 2. The first kappa shape index (κ1) is 26.9. The van der Waals surface area contributed by atoms with Gasteiger partial charge in [-0.1, -0.05) is 127 Å². The molecule has 0 unspecified atom stereocenters. The maximum atomic E-state index is 9.14. The Labute approximate surface area is 272 Å². The van der Waals surface area contributed by atoms with Crippen LogP contribution < -0.4 is 0 Å². The van der Waals surface area contributed by atoms with Crippen LogP contribution in [0.25, 0.3) is 82.9 Å². The Balaban J connectivity index is 1.11. The fourth-order valence-corrected chi connectivity index (χ4v) is 6.91. The number of imidazole rings is 1. The topological polar surface area (TPSA) is 41.1 Å². The van der Waals surface area contributed by atoms with Gasteiger partial charge in [-0.25, -0.2) is 4.98 Å². The van der Waals surface area contributed by atoms with Crippen molar-refractivity contribution in [2.24, 2.45) is 0 Å². The summed E-state index contributed by atoms with van der Waals surface area (Å²) in [6, 6.07) is 59.8. The smallest absolute Gasteiger partial charge is 0.146 e. The van der Waals surface area contributed by atoms with E-state index in [0.717, 1.165) is 44.5 Å². The Hall–Kier alpha value is -6.50. The number of nitrogens with zero attached hydrogens (tertiary/aromatic N) is 3. The Bertz CT molecular complexity index is 2660. The van der Waals surface area contributed by atoms with Crippen molar-refractivity contribution in [3.05, 3.63) is 169 Å². The fraction of sp³-hybridized carbons (Fsp3) is 0. The van der Waals surface area contributed by atoms with E-state index in [1.165, 1.54) is 38.4 Å². The van der Waals surface area contributed by atoms with Gasteiger partial charge in [-0.05, 0) is 91.5 Å². The second-order valence-corrected chi connectivity index (χ2v) is 11.9. The number of fused-ring (bicyclic) bond motifs is 6. The highest BCUT2D eigenvalue weighted by molar-refractivity contribution is 6.05. The Morgan fingerprint density at radius 1 is 0.447 bits per heavy atom. The van der Waals surface area contributed by atoms with E-state index >= 15 is 0 Å². The van der Waals surface area contributed by atoms with Gasteiger partial charge in [0, 0.05) is 5.56 Å². The lowest BCUT2D eigenvalue weighted by atomic mass is 9.91. The summed E-state index contributed by atoms with van der Waals surface area (Å²) in [5.41, 5.74) is 14.2. The van der Waals surface area contributed by atoms with Crippen molar-refractivity contribution in [3.63, 3.8) is 0 Å². The first-order valence-electron chi connectivity index (χ1n) is 15.8. The van der Waals surface area contributed by atoms with E-state index in [0.29, 0.717) is 5.56 Å². The van der Waals surface area contributed by atoms with Crippen LogP contribution in [0.2, 0.25) is 0 Å². The lowest BCUT2D eigenvalue weighted by Crippen LogP contribution is -1.92. The summed E-state index contributed by atoms with van der Waals surface area (Å²) in [5, 5.41) is 12.8. The van der Waals surface area contributed by atoms with Crippen LogP contribution in [0.1, 0.15) is 5.56 Å². The number of nitriles is 1. The molecule has 0 saturated heterocycles. The maximum absolute atomic E-state index is 9.14. The zero-order chi connectivity index (χ0) is 31.3. The molecule has 0 aliphatic carbocycles. The van der Waals surface area contributed by atoms with Crippen LogP contribution in [0.4, 0.5) is 0 Å². The lowest BCUT2D eigenvalue weighted by molar-refractivity contribution is 1.30. The molecule has 47 heavy (non-hydrogen) atoms. The van der Waals surface area contributed by atoms with Gasteiger partial charge in [0.25, 0.3) is 0 Å². The third-order valence-corrected chi connectivity index (χ3v) is 9.25. The van der Waals surface area contributed by atoms with Gasteiger partial charge >= 0.3 is 0 Å². The average Bonchev–Trinajstić information content (AvgIpc) is 3.54. The summed E-state index contributed by atoms with van der Waals surface area (Å²) in [6.07, 6.45) is 0. The van der Waals surface area contributed by atoms with Crippen molar-refractivity contribution in [2.75, 3.05) is 0 Å². The molecule has 0 bridgehead atoms. The molecule has 3 heteroatoms. The molecule has 7 aromatic carbocycles. The number of pyridine rings is 1. The SMILES string of the molecule is N#Cc1ccc(-c2ccc(-c3ccc(-c4ccc(-c5cc6ccccc6n6c5nc5ccccc56)cc4)c4ccccc34)cc2)cc1.